The van der Waals surface area contributed by atoms with Gasteiger partial charge in [-0.15, -0.1) is 0 Å². The van der Waals surface area contributed by atoms with Gasteiger partial charge in [0.25, 0.3) is 11.6 Å². The molecule has 1 amide bonds. The van der Waals surface area contributed by atoms with Crippen molar-refractivity contribution >= 4 is 23.1 Å². The SMILES string of the molecule is COc1ccc(C(=O)Nc2ccc(N3CCCN(Cc4ccc([N+](=O)[O-])cc4)CC3)nc2)cc1OC. The van der Waals surface area contributed by atoms with Gasteiger partial charge < -0.3 is 19.7 Å². The van der Waals surface area contributed by atoms with E-state index >= 15 is 0 Å². The summed E-state index contributed by atoms with van der Waals surface area (Å²) in [6.45, 7) is 4.24. The summed E-state index contributed by atoms with van der Waals surface area (Å²) in [6.07, 6.45) is 2.64. The van der Waals surface area contributed by atoms with E-state index in [2.05, 4.69) is 20.1 Å². The highest BCUT2D eigenvalue weighted by atomic mass is 16.6. The highest BCUT2D eigenvalue weighted by molar-refractivity contribution is 6.04. The second-order valence-electron chi connectivity index (χ2n) is 8.47. The van der Waals surface area contributed by atoms with Gasteiger partial charge in [-0.3, -0.25) is 19.8 Å². The van der Waals surface area contributed by atoms with Crippen molar-refractivity contribution in [2.24, 2.45) is 0 Å². The van der Waals surface area contributed by atoms with Crippen LogP contribution in [0.5, 0.6) is 11.5 Å². The number of nitrogens with zero attached hydrogens (tertiary/aromatic N) is 4. The predicted octanol–water partition coefficient (Wildman–Crippen LogP) is 3.97. The number of methoxy groups -OCH3 is 2. The molecular weight excluding hydrogens is 462 g/mol. The van der Waals surface area contributed by atoms with Crippen molar-refractivity contribution in [3.63, 3.8) is 0 Å². The zero-order valence-electron chi connectivity index (χ0n) is 20.3. The molecule has 0 aliphatic carbocycles. The van der Waals surface area contributed by atoms with Crippen LogP contribution in [0.2, 0.25) is 0 Å². The summed E-state index contributed by atoms with van der Waals surface area (Å²) in [5, 5.41) is 13.7. The normalized spacial score (nSPS) is 14.1. The summed E-state index contributed by atoms with van der Waals surface area (Å²) in [4.78, 5) is 32.3. The molecule has 36 heavy (non-hydrogen) atoms. The van der Waals surface area contributed by atoms with E-state index in [1.165, 1.54) is 7.11 Å². The monoisotopic (exact) mass is 491 g/mol. The van der Waals surface area contributed by atoms with Crippen LogP contribution in [-0.2, 0) is 6.54 Å². The third-order valence-electron chi connectivity index (χ3n) is 6.12. The molecule has 1 fully saturated rings. The van der Waals surface area contributed by atoms with E-state index in [4.69, 9.17) is 9.47 Å². The molecule has 0 bridgehead atoms. The number of nitrogens with one attached hydrogen (secondary N) is 1. The standard InChI is InChI=1S/C26H29N5O5/c1-35-23-10-6-20(16-24(23)36-2)26(32)28-21-7-11-25(27-17-21)30-13-3-12-29(14-15-30)18-19-4-8-22(9-5-19)31(33)34/h4-11,16-17H,3,12-15,18H2,1-2H3,(H,28,32). The fraction of sp³-hybridized carbons (Fsp3) is 0.308. The number of pyridine rings is 1. The molecule has 1 N–H and O–H groups in total. The molecule has 1 aliphatic rings. The first-order valence-electron chi connectivity index (χ1n) is 11.7. The minimum atomic E-state index is -0.381. The Balaban J connectivity index is 1.33. The molecule has 10 heteroatoms. The van der Waals surface area contributed by atoms with Crippen LogP contribution in [0, 0.1) is 10.1 Å². The largest absolute Gasteiger partial charge is 0.493 e. The van der Waals surface area contributed by atoms with E-state index in [1.54, 1.807) is 43.6 Å². The number of aromatic nitrogens is 1. The second-order valence-corrected chi connectivity index (χ2v) is 8.47. The molecule has 2 aromatic carbocycles. The van der Waals surface area contributed by atoms with Crippen molar-refractivity contribution in [3.8, 4) is 11.5 Å². The lowest BCUT2D eigenvalue weighted by Gasteiger charge is -2.23. The van der Waals surface area contributed by atoms with Gasteiger partial charge in [0, 0.05) is 50.4 Å². The van der Waals surface area contributed by atoms with E-state index in [1.807, 2.05) is 24.3 Å². The van der Waals surface area contributed by atoms with Crippen LogP contribution < -0.4 is 19.7 Å². The van der Waals surface area contributed by atoms with E-state index < -0.39 is 0 Å². The number of benzene rings is 2. The van der Waals surface area contributed by atoms with Gasteiger partial charge in [-0.05, 0) is 42.3 Å². The van der Waals surface area contributed by atoms with Gasteiger partial charge in [-0.25, -0.2) is 4.98 Å². The molecule has 1 saturated heterocycles. The maximum atomic E-state index is 12.7. The van der Waals surface area contributed by atoms with Crippen molar-refractivity contribution in [2.75, 3.05) is 50.6 Å². The number of rotatable bonds is 8. The maximum absolute atomic E-state index is 12.7. The Morgan fingerprint density at radius 3 is 2.44 bits per heavy atom. The minimum absolute atomic E-state index is 0.107. The Bertz CT molecular complexity index is 1200. The van der Waals surface area contributed by atoms with Gasteiger partial charge in [-0.1, -0.05) is 12.1 Å². The lowest BCUT2D eigenvalue weighted by molar-refractivity contribution is -0.384. The quantitative estimate of drug-likeness (QED) is 0.372. The highest BCUT2D eigenvalue weighted by Gasteiger charge is 2.17. The molecule has 10 nitrogen and oxygen atoms in total. The van der Waals surface area contributed by atoms with Crippen molar-refractivity contribution < 1.29 is 19.2 Å². The summed E-state index contributed by atoms with van der Waals surface area (Å²) in [5.41, 5.74) is 2.22. The van der Waals surface area contributed by atoms with Gasteiger partial charge >= 0.3 is 0 Å². The van der Waals surface area contributed by atoms with Crippen molar-refractivity contribution in [3.05, 3.63) is 82.0 Å². The Kier molecular flexibility index (Phi) is 7.96. The molecule has 188 valence electrons. The Morgan fingerprint density at radius 2 is 1.78 bits per heavy atom. The van der Waals surface area contributed by atoms with E-state index in [9.17, 15) is 14.9 Å². The number of nitro groups is 1. The van der Waals surface area contributed by atoms with Gasteiger partial charge in [0.15, 0.2) is 11.5 Å². The van der Waals surface area contributed by atoms with E-state index in [0.717, 1.165) is 50.5 Å². The third kappa shape index (κ3) is 6.08. The Morgan fingerprint density at radius 1 is 1.00 bits per heavy atom. The molecule has 0 radical (unpaired) electrons. The number of carbonyl (C=O) groups excluding carboxylic acids is 1. The van der Waals surface area contributed by atoms with Crippen LogP contribution in [0.15, 0.2) is 60.8 Å². The molecule has 1 aliphatic heterocycles. The van der Waals surface area contributed by atoms with Gasteiger partial charge in [0.1, 0.15) is 5.82 Å². The topological polar surface area (TPSA) is 110 Å². The Hall–Kier alpha value is -4.18. The van der Waals surface area contributed by atoms with Gasteiger partial charge in [0.05, 0.1) is 31.0 Å². The molecular formula is C26H29N5O5. The third-order valence-corrected chi connectivity index (χ3v) is 6.12. The number of hydrogen-bond donors (Lipinski definition) is 1. The summed E-state index contributed by atoms with van der Waals surface area (Å²) < 4.78 is 10.5. The average Bonchev–Trinajstić information content (AvgIpc) is 3.14. The zero-order chi connectivity index (χ0) is 25.5. The summed E-state index contributed by atoms with van der Waals surface area (Å²) in [5.74, 6) is 1.64. The van der Waals surface area contributed by atoms with Crippen molar-refractivity contribution in [1.29, 1.82) is 0 Å². The molecule has 4 rings (SSSR count). The second kappa shape index (κ2) is 11.5. The molecule has 3 aromatic rings. The molecule has 0 atom stereocenters. The van der Waals surface area contributed by atoms with E-state index in [0.29, 0.717) is 22.7 Å². The van der Waals surface area contributed by atoms with Crippen LogP contribution in [0.25, 0.3) is 0 Å². The highest BCUT2D eigenvalue weighted by Crippen LogP contribution is 2.28. The summed E-state index contributed by atoms with van der Waals surface area (Å²) in [6, 6.07) is 15.5. The first-order valence-corrected chi connectivity index (χ1v) is 11.7. The smallest absolute Gasteiger partial charge is 0.269 e. The molecule has 2 heterocycles. The molecule has 1 aromatic heterocycles. The number of carbonyl (C=O) groups is 1. The lowest BCUT2D eigenvalue weighted by atomic mass is 10.2. The number of hydrogen-bond acceptors (Lipinski definition) is 8. The predicted molar refractivity (Wildman–Crippen MR) is 137 cm³/mol. The minimum Gasteiger partial charge on any atom is -0.493 e. The number of non-ortho nitro benzene ring substituents is 1. The first-order chi connectivity index (χ1) is 17.5. The number of anilines is 2. The fourth-order valence-corrected chi connectivity index (χ4v) is 4.17. The maximum Gasteiger partial charge on any atom is 0.269 e. The number of amides is 1. The number of nitro benzene ring substituents is 1. The summed E-state index contributed by atoms with van der Waals surface area (Å²) >= 11 is 0. The van der Waals surface area contributed by atoms with Crippen molar-refractivity contribution in [2.45, 2.75) is 13.0 Å². The first kappa shape index (κ1) is 24.9. The van der Waals surface area contributed by atoms with Crippen LogP contribution in [-0.4, -0.2) is 61.1 Å². The van der Waals surface area contributed by atoms with Crippen LogP contribution in [0.1, 0.15) is 22.3 Å². The number of ether oxygens (including phenoxy) is 2. The fourth-order valence-electron chi connectivity index (χ4n) is 4.17. The Labute approximate surface area is 209 Å². The van der Waals surface area contributed by atoms with E-state index in [-0.39, 0.29) is 16.5 Å². The van der Waals surface area contributed by atoms with Crippen molar-refractivity contribution in [1.82, 2.24) is 9.88 Å². The van der Waals surface area contributed by atoms with Crippen LogP contribution in [0.3, 0.4) is 0 Å². The van der Waals surface area contributed by atoms with Gasteiger partial charge in [-0.2, -0.15) is 0 Å². The molecule has 0 unspecified atom stereocenters. The van der Waals surface area contributed by atoms with Crippen LogP contribution in [0.4, 0.5) is 17.2 Å². The van der Waals surface area contributed by atoms with Gasteiger partial charge in [0.2, 0.25) is 0 Å². The average molecular weight is 492 g/mol. The molecule has 0 spiro atoms. The zero-order valence-corrected chi connectivity index (χ0v) is 20.3. The lowest BCUT2D eigenvalue weighted by Crippen LogP contribution is -2.31. The van der Waals surface area contributed by atoms with Crippen LogP contribution >= 0.6 is 0 Å². The molecule has 0 saturated carbocycles. The summed E-state index contributed by atoms with van der Waals surface area (Å²) in [7, 11) is 3.07.